The van der Waals surface area contributed by atoms with E-state index in [4.69, 9.17) is 0 Å². The molecule has 0 unspecified atom stereocenters. The van der Waals surface area contributed by atoms with Crippen molar-refractivity contribution < 1.29 is 9.50 Å². The Morgan fingerprint density at radius 3 is 2.47 bits per heavy atom. The minimum atomic E-state index is -1.30. The highest BCUT2D eigenvalue weighted by atomic mass is 19.1. The van der Waals surface area contributed by atoms with Gasteiger partial charge in [-0.05, 0) is 19.8 Å². The summed E-state index contributed by atoms with van der Waals surface area (Å²) < 4.78 is 14.3. The van der Waals surface area contributed by atoms with Gasteiger partial charge in [-0.25, -0.2) is 4.79 Å². The Bertz CT molecular complexity index is 541. The van der Waals surface area contributed by atoms with E-state index >= 15 is 0 Å². The van der Waals surface area contributed by atoms with Crippen LogP contribution in [-0.2, 0) is 5.54 Å². The molecule has 1 aromatic heterocycles. The van der Waals surface area contributed by atoms with Gasteiger partial charge in [0.2, 0.25) is 11.7 Å². The third-order valence-electron chi connectivity index (χ3n) is 3.50. The number of nitrogens with zero attached hydrogens (tertiary/aromatic N) is 1. The molecule has 1 aromatic rings. The van der Waals surface area contributed by atoms with E-state index in [9.17, 15) is 19.1 Å². The number of aromatic hydroxyl groups is 1. The number of hydrogen-bond donors (Lipinski definition) is 2. The Hall–Kier alpha value is -1.59. The van der Waals surface area contributed by atoms with Crippen LogP contribution in [0.2, 0.25) is 0 Å². The molecule has 2 rings (SSSR count). The Kier molecular flexibility index (Phi) is 2.81. The quantitative estimate of drug-likeness (QED) is 0.773. The van der Waals surface area contributed by atoms with Crippen molar-refractivity contribution >= 4 is 0 Å². The van der Waals surface area contributed by atoms with Gasteiger partial charge in [0, 0.05) is 5.54 Å². The molecule has 1 saturated carbocycles. The molecule has 1 fully saturated rings. The molecular weight excluding hydrogens is 227 g/mol. The van der Waals surface area contributed by atoms with Crippen LogP contribution in [0.5, 0.6) is 5.88 Å². The first kappa shape index (κ1) is 11.9. The summed E-state index contributed by atoms with van der Waals surface area (Å²) >= 11 is 0. The van der Waals surface area contributed by atoms with E-state index in [1.165, 1.54) is 0 Å². The summed E-state index contributed by atoms with van der Waals surface area (Å²) in [7, 11) is 0. The number of aromatic amines is 1. The number of halogens is 1. The average Bonchev–Trinajstić information content (AvgIpc) is 2.26. The van der Waals surface area contributed by atoms with Crippen LogP contribution >= 0.6 is 0 Å². The lowest BCUT2D eigenvalue weighted by molar-refractivity contribution is 0.182. The fourth-order valence-corrected chi connectivity index (χ4v) is 2.54. The van der Waals surface area contributed by atoms with Crippen molar-refractivity contribution in [3.63, 3.8) is 0 Å². The first-order chi connectivity index (χ1) is 7.96. The van der Waals surface area contributed by atoms with Crippen LogP contribution in [0.25, 0.3) is 0 Å². The molecule has 1 heterocycles. The summed E-state index contributed by atoms with van der Waals surface area (Å²) in [6.07, 6.45) is 4.28. The van der Waals surface area contributed by atoms with Crippen molar-refractivity contribution in [1.29, 1.82) is 0 Å². The molecule has 0 saturated heterocycles. The molecule has 0 bridgehead atoms. The second kappa shape index (κ2) is 4.01. The zero-order valence-corrected chi connectivity index (χ0v) is 9.62. The highest BCUT2D eigenvalue weighted by Crippen LogP contribution is 2.35. The second-order valence-electron chi connectivity index (χ2n) is 4.79. The molecule has 0 spiro atoms. The van der Waals surface area contributed by atoms with Crippen LogP contribution < -0.4 is 11.2 Å². The van der Waals surface area contributed by atoms with Gasteiger partial charge in [0.15, 0.2) is 0 Å². The van der Waals surface area contributed by atoms with Crippen molar-refractivity contribution in [2.45, 2.75) is 44.6 Å². The van der Waals surface area contributed by atoms with Crippen LogP contribution in [0.1, 0.15) is 39.0 Å². The molecule has 0 amide bonds. The molecule has 1 aliphatic carbocycles. The maximum atomic E-state index is 13.3. The van der Waals surface area contributed by atoms with Gasteiger partial charge in [-0.15, -0.1) is 0 Å². The predicted octanol–water partition coefficient (Wildman–Crippen LogP) is 1.06. The highest BCUT2D eigenvalue weighted by Gasteiger charge is 2.33. The number of H-pyrrole nitrogens is 1. The summed E-state index contributed by atoms with van der Waals surface area (Å²) in [6.45, 7) is 1.80. The zero-order chi connectivity index (χ0) is 12.6. The highest BCUT2D eigenvalue weighted by molar-refractivity contribution is 5.13. The molecule has 94 valence electrons. The molecule has 2 N–H and O–H groups in total. The van der Waals surface area contributed by atoms with Gasteiger partial charge < -0.3 is 5.11 Å². The Balaban J connectivity index is 2.63. The monoisotopic (exact) mass is 242 g/mol. The van der Waals surface area contributed by atoms with Gasteiger partial charge >= 0.3 is 5.69 Å². The fraction of sp³-hybridized carbons (Fsp3) is 0.636. The minimum absolute atomic E-state index is 0.621. The summed E-state index contributed by atoms with van der Waals surface area (Å²) in [6, 6.07) is 0. The standard InChI is InChI=1S/C11H15FN2O3/c1-11(5-3-2-4-6-11)14-9(16)7(12)8(15)13-10(14)17/h16H,2-6H2,1H3,(H,13,15,17). The SMILES string of the molecule is CC1(n2c(O)c(F)c(=O)[nH]c2=O)CCCCC1. The Morgan fingerprint density at radius 1 is 1.29 bits per heavy atom. The summed E-state index contributed by atoms with van der Waals surface area (Å²) in [5.41, 5.74) is -2.55. The van der Waals surface area contributed by atoms with Crippen LogP contribution in [0, 0.1) is 5.82 Å². The van der Waals surface area contributed by atoms with Crippen LogP contribution in [0.4, 0.5) is 4.39 Å². The van der Waals surface area contributed by atoms with Gasteiger partial charge in [-0.1, -0.05) is 19.3 Å². The van der Waals surface area contributed by atoms with Gasteiger partial charge in [0.1, 0.15) is 0 Å². The molecule has 0 aliphatic heterocycles. The summed E-state index contributed by atoms with van der Waals surface area (Å²) in [5.74, 6) is -2.15. The van der Waals surface area contributed by atoms with Crippen LogP contribution in [0.15, 0.2) is 9.59 Å². The molecule has 0 radical (unpaired) electrons. The Morgan fingerprint density at radius 2 is 1.88 bits per heavy atom. The average molecular weight is 242 g/mol. The first-order valence-corrected chi connectivity index (χ1v) is 5.70. The van der Waals surface area contributed by atoms with Crippen molar-refractivity contribution in [2.24, 2.45) is 0 Å². The smallest absolute Gasteiger partial charge is 0.331 e. The molecule has 17 heavy (non-hydrogen) atoms. The molecule has 1 aliphatic rings. The first-order valence-electron chi connectivity index (χ1n) is 5.70. The van der Waals surface area contributed by atoms with E-state index in [2.05, 4.69) is 0 Å². The van der Waals surface area contributed by atoms with Crippen LogP contribution in [-0.4, -0.2) is 14.7 Å². The topological polar surface area (TPSA) is 75.1 Å². The lowest BCUT2D eigenvalue weighted by atomic mass is 9.83. The van der Waals surface area contributed by atoms with Crippen molar-refractivity contribution in [3.8, 4) is 5.88 Å². The largest absolute Gasteiger partial charge is 0.492 e. The van der Waals surface area contributed by atoms with Crippen LogP contribution in [0.3, 0.4) is 0 Å². The van der Waals surface area contributed by atoms with Crippen molar-refractivity contribution in [1.82, 2.24) is 9.55 Å². The lowest BCUT2D eigenvalue weighted by Gasteiger charge is -2.35. The summed E-state index contributed by atoms with van der Waals surface area (Å²) in [5, 5.41) is 9.64. The fourth-order valence-electron chi connectivity index (χ4n) is 2.54. The maximum absolute atomic E-state index is 13.3. The van der Waals surface area contributed by atoms with E-state index in [0.29, 0.717) is 12.8 Å². The van der Waals surface area contributed by atoms with E-state index < -0.39 is 28.5 Å². The van der Waals surface area contributed by atoms with Gasteiger partial charge in [0.25, 0.3) is 5.56 Å². The molecule has 5 nitrogen and oxygen atoms in total. The predicted molar refractivity (Wildman–Crippen MR) is 59.7 cm³/mol. The van der Waals surface area contributed by atoms with Gasteiger partial charge in [-0.2, -0.15) is 4.39 Å². The number of rotatable bonds is 1. The normalized spacial score (nSPS) is 19.2. The van der Waals surface area contributed by atoms with E-state index in [1.807, 2.05) is 4.98 Å². The number of nitrogens with one attached hydrogen (secondary N) is 1. The lowest BCUT2D eigenvalue weighted by Crippen LogP contribution is -2.44. The Labute approximate surface area is 96.9 Å². The third-order valence-corrected chi connectivity index (χ3v) is 3.50. The van der Waals surface area contributed by atoms with E-state index in [1.54, 1.807) is 6.92 Å². The molecule has 0 aromatic carbocycles. The van der Waals surface area contributed by atoms with E-state index in [0.717, 1.165) is 23.8 Å². The molecule has 0 atom stereocenters. The van der Waals surface area contributed by atoms with Crippen molar-refractivity contribution in [2.75, 3.05) is 0 Å². The molecule has 6 heteroatoms. The zero-order valence-electron chi connectivity index (χ0n) is 9.62. The minimum Gasteiger partial charge on any atom is -0.492 e. The van der Waals surface area contributed by atoms with Gasteiger partial charge in [-0.3, -0.25) is 14.3 Å². The molecular formula is C11H15FN2O3. The second-order valence-corrected chi connectivity index (χ2v) is 4.79. The maximum Gasteiger partial charge on any atom is 0.331 e. The van der Waals surface area contributed by atoms with Crippen molar-refractivity contribution in [3.05, 3.63) is 26.7 Å². The van der Waals surface area contributed by atoms with E-state index in [-0.39, 0.29) is 0 Å². The number of aromatic nitrogens is 2. The van der Waals surface area contributed by atoms with Gasteiger partial charge in [0.05, 0.1) is 0 Å². The number of hydrogen-bond acceptors (Lipinski definition) is 3. The third kappa shape index (κ3) is 1.87. The summed E-state index contributed by atoms with van der Waals surface area (Å²) in [4.78, 5) is 24.6.